The van der Waals surface area contributed by atoms with Crippen LogP contribution >= 0.6 is 11.3 Å². The third-order valence-electron chi connectivity index (χ3n) is 2.88. The van der Waals surface area contributed by atoms with Crippen molar-refractivity contribution >= 4 is 11.3 Å². The lowest BCUT2D eigenvalue weighted by Gasteiger charge is -2.14. The molecule has 0 spiro atoms. The largest absolute Gasteiger partial charge is 0.416 e. The van der Waals surface area contributed by atoms with Gasteiger partial charge in [0.1, 0.15) is 5.82 Å². The highest BCUT2D eigenvalue weighted by molar-refractivity contribution is 7.09. The summed E-state index contributed by atoms with van der Waals surface area (Å²) in [4.78, 5) is 1.02. The van der Waals surface area contributed by atoms with Gasteiger partial charge >= 0.3 is 6.18 Å². The molecule has 1 aromatic heterocycles. The van der Waals surface area contributed by atoms with E-state index in [9.17, 15) is 22.7 Å². The van der Waals surface area contributed by atoms with Crippen LogP contribution in [-0.4, -0.2) is 5.11 Å². The van der Waals surface area contributed by atoms with Crippen LogP contribution in [0, 0.1) is 5.82 Å². The van der Waals surface area contributed by atoms with E-state index in [0.29, 0.717) is 12.5 Å². The van der Waals surface area contributed by atoms with E-state index in [4.69, 9.17) is 0 Å². The Bertz CT molecular complexity index is 563. The molecule has 0 fully saturated rings. The molecule has 0 amide bonds. The van der Waals surface area contributed by atoms with Crippen LogP contribution in [0.2, 0.25) is 0 Å². The molecule has 2 rings (SSSR count). The molecule has 0 bridgehead atoms. The zero-order chi connectivity index (χ0) is 14.8. The first-order valence-electron chi connectivity index (χ1n) is 5.94. The number of aliphatic hydroxyl groups excluding tert-OH is 1. The van der Waals surface area contributed by atoms with E-state index in [-0.39, 0.29) is 12.0 Å². The minimum atomic E-state index is -4.62. The summed E-state index contributed by atoms with van der Waals surface area (Å²) >= 11 is 1.51. The summed E-state index contributed by atoms with van der Waals surface area (Å²) in [5.74, 6) is -0.995. The first-order chi connectivity index (χ1) is 9.36. The Labute approximate surface area is 117 Å². The van der Waals surface area contributed by atoms with Crippen molar-refractivity contribution < 1.29 is 22.7 Å². The van der Waals surface area contributed by atoms with Crippen molar-refractivity contribution in [3.63, 3.8) is 0 Å². The second-order valence-electron chi connectivity index (χ2n) is 4.40. The number of halogens is 4. The van der Waals surface area contributed by atoms with E-state index >= 15 is 0 Å². The van der Waals surface area contributed by atoms with E-state index in [2.05, 4.69) is 0 Å². The van der Waals surface area contributed by atoms with E-state index < -0.39 is 23.7 Å². The highest BCUT2D eigenvalue weighted by atomic mass is 32.1. The molecular formula is C14H12F4OS. The average Bonchev–Trinajstić information content (AvgIpc) is 2.87. The topological polar surface area (TPSA) is 20.2 Å². The van der Waals surface area contributed by atoms with Gasteiger partial charge in [-0.1, -0.05) is 6.07 Å². The van der Waals surface area contributed by atoms with E-state index in [1.54, 1.807) is 0 Å². The first-order valence-corrected chi connectivity index (χ1v) is 6.82. The van der Waals surface area contributed by atoms with E-state index in [0.717, 1.165) is 17.0 Å². The number of aliphatic hydroxyl groups is 1. The Kier molecular flexibility index (Phi) is 4.45. The maximum absolute atomic E-state index is 13.2. The first kappa shape index (κ1) is 15.0. The molecule has 1 atom stereocenters. The van der Waals surface area contributed by atoms with Crippen molar-refractivity contribution in [3.05, 3.63) is 57.5 Å². The highest BCUT2D eigenvalue weighted by Crippen LogP contribution is 2.32. The summed E-state index contributed by atoms with van der Waals surface area (Å²) in [6, 6.07) is 5.90. The van der Waals surface area contributed by atoms with Crippen LogP contribution in [0.15, 0.2) is 35.7 Å². The Hall–Kier alpha value is -1.40. The smallest absolute Gasteiger partial charge is 0.388 e. The molecule has 108 valence electrons. The quantitative estimate of drug-likeness (QED) is 0.820. The minimum absolute atomic E-state index is 0.0473. The molecule has 6 heteroatoms. The van der Waals surface area contributed by atoms with Gasteiger partial charge in [-0.25, -0.2) is 4.39 Å². The summed E-state index contributed by atoms with van der Waals surface area (Å²) < 4.78 is 50.9. The van der Waals surface area contributed by atoms with Gasteiger partial charge in [0.25, 0.3) is 0 Å². The number of hydrogen-bond acceptors (Lipinski definition) is 2. The Morgan fingerprint density at radius 1 is 1.20 bits per heavy atom. The van der Waals surface area contributed by atoms with Crippen LogP contribution in [-0.2, 0) is 12.6 Å². The summed E-state index contributed by atoms with van der Waals surface area (Å²) in [5.41, 5.74) is -1.13. The normalized spacial score (nSPS) is 13.4. The highest BCUT2D eigenvalue weighted by Gasteiger charge is 2.31. The summed E-state index contributed by atoms with van der Waals surface area (Å²) in [5, 5.41) is 11.8. The lowest BCUT2D eigenvalue weighted by molar-refractivity contribution is -0.137. The second kappa shape index (κ2) is 5.93. The molecule has 0 aliphatic rings. The van der Waals surface area contributed by atoms with Crippen molar-refractivity contribution in [1.29, 1.82) is 0 Å². The number of benzene rings is 1. The van der Waals surface area contributed by atoms with Crippen molar-refractivity contribution in [1.82, 2.24) is 0 Å². The predicted molar refractivity (Wildman–Crippen MR) is 69.0 cm³/mol. The fourth-order valence-corrected chi connectivity index (χ4v) is 2.59. The van der Waals surface area contributed by atoms with Crippen LogP contribution in [0.4, 0.5) is 17.6 Å². The zero-order valence-electron chi connectivity index (χ0n) is 10.3. The van der Waals surface area contributed by atoms with Crippen molar-refractivity contribution in [2.24, 2.45) is 0 Å². The fraction of sp³-hybridized carbons (Fsp3) is 0.286. The van der Waals surface area contributed by atoms with E-state index in [1.807, 2.05) is 17.5 Å². The molecule has 1 unspecified atom stereocenters. The van der Waals surface area contributed by atoms with Gasteiger partial charge in [-0.15, -0.1) is 11.3 Å². The van der Waals surface area contributed by atoms with Crippen LogP contribution in [0.3, 0.4) is 0 Å². The predicted octanol–water partition coefficient (Wildman–Crippen LogP) is 4.57. The van der Waals surface area contributed by atoms with Crippen LogP contribution in [0.25, 0.3) is 0 Å². The molecule has 0 saturated carbocycles. The standard InChI is InChI=1S/C14H12F4OS/c15-11-7-9(6-10(8-11)14(16,17)18)13(19)4-3-12-2-1-5-20-12/h1-2,5-8,13,19H,3-4H2. The molecule has 2 aromatic rings. The van der Waals surface area contributed by atoms with Crippen molar-refractivity contribution in [3.8, 4) is 0 Å². The third kappa shape index (κ3) is 3.80. The van der Waals surface area contributed by atoms with Crippen molar-refractivity contribution in [2.45, 2.75) is 25.1 Å². The molecule has 0 saturated heterocycles. The Morgan fingerprint density at radius 3 is 2.55 bits per heavy atom. The van der Waals surface area contributed by atoms with Gasteiger partial charge in [-0.3, -0.25) is 0 Å². The molecule has 0 aliphatic carbocycles. The van der Waals surface area contributed by atoms with Gasteiger partial charge in [-0.2, -0.15) is 13.2 Å². The fourth-order valence-electron chi connectivity index (χ4n) is 1.87. The second-order valence-corrected chi connectivity index (χ2v) is 5.44. The van der Waals surface area contributed by atoms with Gasteiger partial charge in [0, 0.05) is 4.88 Å². The van der Waals surface area contributed by atoms with Gasteiger partial charge < -0.3 is 5.11 Å². The molecule has 1 heterocycles. The number of hydrogen-bond donors (Lipinski definition) is 1. The zero-order valence-corrected chi connectivity index (χ0v) is 11.1. The Balaban J connectivity index is 2.13. The van der Waals surface area contributed by atoms with Gasteiger partial charge in [0.05, 0.1) is 11.7 Å². The van der Waals surface area contributed by atoms with Crippen LogP contribution < -0.4 is 0 Å². The maximum atomic E-state index is 13.2. The molecule has 0 aliphatic heterocycles. The lowest BCUT2D eigenvalue weighted by Crippen LogP contribution is -2.08. The summed E-state index contributed by atoms with van der Waals surface area (Å²) in [6.07, 6.45) is -4.95. The molecular weight excluding hydrogens is 292 g/mol. The van der Waals surface area contributed by atoms with Crippen LogP contribution in [0.5, 0.6) is 0 Å². The summed E-state index contributed by atoms with van der Waals surface area (Å²) in [7, 11) is 0. The van der Waals surface area contributed by atoms with Gasteiger partial charge in [-0.05, 0) is 48.1 Å². The SMILES string of the molecule is OC(CCc1cccs1)c1cc(F)cc(C(F)(F)F)c1. The monoisotopic (exact) mass is 304 g/mol. The molecule has 0 radical (unpaired) electrons. The maximum Gasteiger partial charge on any atom is 0.416 e. The number of thiophene rings is 1. The number of aryl methyl sites for hydroxylation is 1. The molecule has 20 heavy (non-hydrogen) atoms. The van der Waals surface area contributed by atoms with E-state index in [1.165, 1.54) is 11.3 Å². The minimum Gasteiger partial charge on any atom is -0.388 e. The van der Waals surface area contributed by atoms with Gasteiger partial charge in [0.2, 0.25) is 0 Å². The molecule has 1 aromatic carbocycles. The number of rotatable bonds is 4. The Morgan fingerprint density at radius 2 is 1.95 bits per heavy atom. The van der Waals surface area contributed by atoms with Gasteiger partial charge in [0.15, 0.2) is 0 Å². The lowest BCUT2D eigenvalue weighted by atomic mass is 10.0. The third-order valence-corrected chi connectivity index (χ3v) is 3.81. The average molecular weight is 304 g/mol. The summed E-state index contributed by atoms with van der Waals surface area (Å²) in [6.45, 7) is 0. The molecule has 1 nitrogen and oxygen atoms in total. The molecule has 1 N–H and O–H groups in total. The van der Waals surface area contributed by atoms with Crippen molar-refractivity contribution in [2.75, 3.05) is 0 Å². The van der Waals surface area contributed by atoms with Crippen LogP contribution in [0.1, 0.15) is 28.5 Å². The number of alkyl halides is 3.